The molecule has 0 aliphatic rings. The summed E-state index contributed by atoms with van der Waals surface area (Å²) >= 11 is 0. The van der Waals surface area contributed by atoms with Gasteiger partial charge in [-0.1, -0.05) is 5.16 Å². The third-order valence-electron chi connectivity index (χ3n) is 1.82. The first-order valence-corrected chi connectivity index (χ1v) is 5.09. The van der Waals surface area contributed by atoms with Gasteiger partial charge in [0.15, 0.2) is 5.82 Å². The molecule has 1 aromatic heterocycles. The Kier molecular flexibility index (Phi) is 5.87. The number of nitrogens with two attached hydrogens (primary N) is 1. The lowest BCUT2D eigenvalue weighted by atomic mass is 10.3. The van der Waals surface area contributed by atoms with Crippen LogP contribution in [-0.4, -0.2) is 36.3 Å². The fourth-order valence-electron chi connectivity index (χ4n) is 1.09. The van der Waals surface area contributed by atoms with Crippen LogP contribution >= 0.6 is 0 Å². The Hall–Kier alpha value is -1.08. The van der Waals surface area contributed by atoms with Gasteiger partial charge >= 0.3 is 0 Å². The number of aromatic nitrogens is 2. The summed E-state index contributed by atoms with van der Waals surface area (Å²) in [7, 11) is 0. The minimum Gasteiger partial charge on any atom is -0.375 e. The molecule has 92 valence electrons. The first-order chi connectivity index (χ1) is 7.72. The molecule has 0 aromatic carbocycles. The van der Waals surface area contributed by atoms with E-state index in [4.69, 9.17) is 15.0 Å². The van der Waals surface area contributed by atoms with Crippen molar-refractivity contribution < 1.29 is 18.0 Å². The maximum absolute atomic E-state index is 11.7. The van der Waals surface area contributed by atoms with Crippen molar-refractivity contribution >= 4 is 0 Å². The zero-order chi connectivity index (χ0) is 11.8. The number of rotatable bonds is 8. The molecule has 1 rings (SSSR count). The second kappa shape index (κ2) is 7.24. The van der Waals surface area contributed by atoms with Gasteiger partial charge in [0.25, 0.3) is 6.43 Å². The van der Waals surface area contributed by atoms with Crippen molar-refractivity contribution in [1.82, 2.24) is 10.1 Å². The van der Waals surface area contributed by atoms with E-state index >= 15 is 0 Å². The van der Waals surface area contributed by atoms with E-state index in [2.05, 4.69) is 10.1 Å². The smallest absolute Gasteiger partial charge is 0.261 e. The van der Waals surface area contributed by atoms with Gasteiger partial charge in [-0.05, 0) is 13.0 Å². The van der Waals surface area contributed by atoms with Gasteiger partial charge in [0.2, 0.25) is 5.89 Å². The molecular formula is C9H15F2N3O2. The Labute approximate surface area is 92.0 Å². The molecule has 0 bridgehead atoms. The van der Waals surface area contributed by atoms with Gasteiger partial charge in [0.1, 0.15) is 6.61 Å². The van der Waals surface area contributed by atoms with Crippen molar-refractivity contribution in [2.45, 2.75) is 25.7 Å². The molecule has 7 heteroatoms. The molecule has 0 fully saturated rings. The molecular weight excluding hydrogens is 220 g/mol. The Morgan fingerprint density at radius 3 is 2.88 bits per heavy atom. The molecule has 1 aromatic rings. The van der Waals surface area contributed by atoms with E-state index in [1.165, 1.54) is 0 Å². The van der Waals surface area contributed by atoms with E-state index < -0.39 is 13.0 Å². The van der Waals surface area contributed by atoms with Crippen LogP contribution in [0.25, 0.3) is 0 Å². The first-order valence-electron chi connectivity index (χ1n) is 5.09. The number of hydrogen-bond donors (Lipinski definition) is 1. The second-order valence-corrected chi connectivity index (χ2v) is 3.21. The highest BCUT2D eigenvalue weighted by atomic mass is 19.3. The summed E-state index contributed by atoms with van der Waals surface area (Å²) in [6.45, 7) is 0.165. The molecule has 5 nitrogen and oxygen atoms in total. The second-order valence-electron chi connectivity index (χ2n) is 3.21. The van der Waals surface area contributed by atoms with Crippen LogP contribution in [0.15, 0.2) is 4.52 Å². The molecule has 0 unspecified atom stereocenters. The van der Waals surface area contributed by atoms with Crippen molar-refractivity contribution in [1.29, 1.82) is 0 Å². The van der Waals surface area contributed by atoms with Crippen LogP contribution in [0.5, 0.6) is 0 Å². The number of ether oxygens (including phenoxy) is 1. The highest BCUT2D eigenvalue weighted by Gasteiger charge is 2.07. The lowest BCUT2D eigenvalue weighted by Crippen LogP contribution is -2.07. The van der Waals surface area contributed by atoms with Gasteiger partial charge in [-0.25, -0.2) is 8.78 Å². The predicted octanol–water partition coefficient (Wildman–Crippen LogP) is 0.785. The topological polar surface area (TPSA) is 74.2 Å². The van der Waals surface area contributed by atoms with Crippen LogP contribution in [-0.2, 0) is 17.6 Å². The summed E-state index contributed by atoms with van der Waals surface area (Å²) in [5, 5.41) is 3.72. The van der Waals surface area contributed by atoms with E-state index in [1.54, 1.807) is 0 Å². The highest BCUT2D eigenvalue weighted by Crippen LogP contribution is 2.01. The van der Waals surface area contributed by atoms with E-state index in [9.17, 15) is 8.78 Å². The Morgan fingerprint density at radius 1 is 1.38 bits per heavy atom. The zero-order valence-corrected chi connectivity index (χ0v) is 8.86. The van der Waals surface area contributed by atoms with Crippen LogP contribution < -0.4 is 5.73 Å². The first kappa shape index (κ1) is 13.0. The molecule has 1 heterocycles. The summed E-state index contributed by atoms with van der Waals surface area (Å²) in [5.41, 5.74) is 5.33. The third-order valence-corrected chi connectivity index (χ3v) is 1.82. The third kappa shape index (κ3) is 5.13. The summed E-state index contributed by atoms with van der Waals surface area (Å²) in [6, 6.07) is 0. The molecule has 0 aliphatic heterocycles. The molecule has 0 radical (unpaired) electrons. The van der Waals surface area contributed by atoms with Gasteiger partial charge in [-0.2, -0.15) is 4.98 Å². The Morgan fingerprint density at radius 2 is 2.19 bits per heavy atom. The van der Waals surface area contributed by atoms with E-state index in [-0.39, 0.29) is 6.61 Å². The maximum Gasteiger partial charge on any atom is 0.261 e. The van der Waals surface area contributed by atoms with Gasteiger partial charge in [0.05, 0.1) is 13.0 Å². The number of nitrogens with zero attached hydrogens (tertiary/aromatic N) is 2. The van der Waals surface area contributed by atoms with Gasteiger partial charge in [-0.15, -0.1) is 0 Å². The van der Waals surface area contributed by atoms with Crippen LogP contribution in [0.4, 0.5) is 8.78 Å². The van der Waals surface area contributed by atoms with Crippen molar-refractivity contribution in [2.75, 3.05) is 19.8 Å². The molecule has 0 saturated heterocycles. The van der Waals surface area contributed by atoms with Gasteiger partial charge in [0, 0.05) is 6.42 Å². The normalized spacial score (nSPS) is 11.2. The molecule has 0 saturated carbocycles. The zero-order valence-electron chi connectivity index (χ0n) is 8.86. The minimum atomic E-state index is -2.44. The van der Waals surface area contributed by atoms with Crippen LogP contribution in [0.2, 0.25) is 0 Å². The number of aryl methyl sites for hydroxylation is 1. The maximum atomic E-state index is 11.7. The summed E-state index contributed by atoms with van der Waals surface area (Å²) < 4.78 is 33.0. The van der Waals surface area contributed by atoms with Gasteiger partial charge in [-0.3, -0.25) is 0 Å². The molecule has 16 heavy (non-hydrogen) atoms. The van der Waals surface area contributed by atoms with Crippen molar-refractivity contribution in [3.05, 3.63) is 11.7 Å². The van der Waals surface area contributed by atoms with Gasteiger partial charge < -0.3 is 15.0 Å². The Balaban J connectivity index is 2.19. The molecule has 2 N–H and O–H groups in total. The van der Waals surface area contributed by atoms with E-state index in [0.717, 1.165) is 6.42 Å². The van der Waals surface area contributed by atoms with Crippen molar-refractivity contribution in [3.8, 4) is 0 Å². The average Bonchev–Trinajstić information content (AvgIpc) is 2.69. The van der Waals surface area contributed by atoms with Crippen LogP contribution in [0.1, 0.15) is 18.1 Å². The SMILES string of the molecule is NCCCc1noc(CCOCC(F)F)n1. The quantitative estimate of drug-likeness (QED) is 0.674. The number of halogens is 2. The van der Waals surface area contributed by atoms with Crippen LogP contribution in [0.3, 0.4) is 0 Å². The fraction of sp³-hybridized carbons (Fsp3) is 0.778. The van der Waals surface area contributed by atoms with E-state index in [0.29, 0.717) is 31.1 Å². The minimum absolute atomic E-state index is 0.156. The standard InChI is InChI=1S/C9H15F2N3O2/c10-7(11)6-15-5-3-9-13-8(14-16-9)2-1-4-12/h7H,1-6,12H2. The average molecular weight is 235 g/mol. The molecule has 0 aliphatic carbocycles. The lowest BCUT2D eigenvalue weighted by molar-refractivity contribution is 0.0171. The predicted molar refractivity (Wildman–Crippen MR) is 52.2 cm³/mol. The summed E-state index contributed by atoms with van der Waals surface area (Å²) in [4.78, 5) is 4.06. The Bertz CT molecular complexity index is 294. The van der Waals surface area contributed by atoms with Crippen molar-refractivity contribution in [3.63, 3.8) is 0 Å². The lowest BCUT2D eigenvalue weighted by Gasteiger charge is -1.99. The number of hydrogen-bond acceptors (Lipinski definition) is 5. The summed E-state index contributed by atoms with van der Waals surface area (Å²) in [6.07, 6.45) is -0.635. The van der Waals surface area contributed by atoms with Crippen LogP contribution in [0, 0.1) is 0 Å². The molecule has 0 atom stereocenters. The monoisotopic (exact) mass is 235 g/mol. The molecule has 0 spiro atoms. The largest absolute Gasteiger partial charge is 0.375 e. The fourth-order valence-corrected chi connectivity index (χ4v) is 1.09. The highest BCUT2D eigenvalue weighted by molar-refractivity contribution is 4.86. The summed E-state index contributed by atoms with van der Waals surface area (Å²) in [5.74, 6) is 0.996. The van der Waals surface area contributed by atoms with E-state index in [1.807, 2.05) is 0 Å². The number of alkyl halides is 2. The van der Waals surface area contributed by atoms with Crippen molar-refractivity contribution in [2.24, 2.45) is 5.73 Å². The molecule has 0 amide bonds.